The first-order valence-electron chi connectivity index (χ1n) is 3.27. The molecular weight excluding hydrogens is 134 g/mol. The van der Waals surface area contributed by atoms with E-state index >= 15 is 0 Å². The van der Waals surface area contributed by atoms with E-state index in [0.29, 0.717) is 12.8 Å². The number of aliphatic carboxylic acids is 1. The van der Waals surface area contributed by atoms with Crippen LogP contribution < -0.4 is 5.73 Å². The molecule has 0 heterocycles. The summed E-state index contributed by atoms with van der Waals surface area (Å²) in [5, 5.41) is 17.5. The number of aliphatic hydroxyl groups is 1. The van der Waals surface area contributed by atoms with Gasteiger partial charge in [0.15, 0.2) is 0 Å². The smallest absolute Gasteiger partial charge is 0.306 e. The molecule has 3 atom stereocenters. The van der Waals surface area contributed by atoms with Gasteiger partial charge in [0, 0.05) is 6.04 Å². The Labute approximate surface area is 58.6 Å². The number of rotatable bonds is 1. The Morgan fingerprint density at radius 3 is 2.30 bits per heavy atom. The average molecular weight is 145 g/mol. The number of carbonyl (C=O) groups is 1. The van der Waals surface area contributed by atoms with Crippen LogP contribution in [0.4, 0.5) is 0 Å². The Hall–Kier alpha value is -0.610. The lowest BCUT2D eigenvalue weighted by atomic mass is 10.1. The normalized spacial score (nSPS) is 40.0. The Bertz CT molecular complexity index is 138. The minimum absolute atomic E-state index is 0.302. The first-order valence-corrected chi connectivity index (χ1v) is 3.27. The molecule has 4 nitrogen and oxygen atoms in total. The van der Waals surface area contributed by atoms with E-state index in [-0.39, 0.29) is 6.04 Å². The van der Waals surface area contributed by atoms with E-state index in [9.17, 15) is 4.79 Å². The lowest BCUT2D eigenvalue weighted by Gasteiger charge is -2.04. The molecule has 10 heavy (non-hydrogen) atoms. The zero-order valence-electron chi connectivity index (χ0n) is 5.53. The molecule has 58 valence electrons. The van der Waals surface area contributed by atoms with Crippen molar-refractivity contribution in [2.45, 2.75) is 25.0 Å². The van der Waals surface area contributed by atoms with Crippen molar-refractivity contribution in [2.24, 2.45) is 11.7 Å². The average Bonchev–Trinajstić information content (AvgIpc) is 2.13. The van der Waals surface area contributed by atoms with E-state index in [2.05, 4.69) is 0 Å². The van der Waals surface area contributed by atoms with Gasteiger partial charge in [-0.2, -0.15) is 0 Å². The van der Waals surface area contributed by atoms with Crippen molar-refractivity contribution in [1.82, 2.24) is 0 Å². The first-order chi connectivity index (χ1) is 4.61. The molecule has 1 aliphatic carbocycles. The second kappa shape index (κ2) is 2.56. The van der Waals surface area contributed by atoms with Crippen molar-refractivity contribution in [3.8, 4) is 0 Å². The molecule has 1 saturated carbocycles. The highest BCUT2D eigenvalue weighted by Gasteiger charge is 2.34. The Balaban J connectivity index is 2.49. The molecule has 0 aromatic rings. The fourth-order valence-corrected chi connectivity index (χ4v) is 1.25. The molecule has 4 N–H and O–H groups in total. The molecular formula is C6H11NO3. The predicted octanol–water partition coefficient (Wildman–Crippen LogP) is -0.831. The molecule has 0 aromatic heterocycles. The molecule has 4 heteroatoms. The van der Waals surface area contributed by atoms with Gasteiger partial charge in [-0.3, -0.25) is 4.79 Å². The van der Waals surface area contributed by atoms with Crippen molar-refractivity contribution in [3.63, 3.8) is 0 Å². The molecule has 0 aliphatic heterocycles. The second-order valence-corrected chi connectivity index (χ2v) is 2.74. The monoisotopic (exact) mass is 145 g/mol. The third-order valence-corrected chi connectivity index (χ3v) is 1.93. The van der Waals surface area contributed by atoms with Crippen LogP contribution in [0.5, 0.6) is 0 Å². The standard InChI is InChI=1S/C6H11NO3/c7-4-1-3(6(9)10)2-5(4)8/h3-5,8H,1-2,7H2,(H,9,10)/t3-,4+,5+/m0/s1. The maximum absolute atomic E-state index is 10.3. The van der Waals surface area contributed by atoms with Crippen LogP contribution in [0.2, 0.25) is 0 Å². The fraction of sp³-hybridized carbons (Fsp3) is 0.833. The van der Waals surface area contributed by atoms with Gasteiger partial charge in [0.05, 0.1) is 12.0 Å². The molecule has 1 aliphatic rings. The van der Waals surface area contributed by atoms with E-state index in [0.717, 1.165) is 0 Å². The lowest BCUT2D eigenvalue weighted by molar-refractivity contribution is -0.141. The summed E-state index contributed by atoms with van der Waals surface area (Å²) in [7, 11) is 0. The lowest BCUT2D eigenvalue weighted by Crippen LogP contribution is -2.28. The molecule has 0 bridgehead atoms. The largest absolute Gasteiger partial charge is 0.481 e. The van der Waals surface area contributed by atoms with Crippen LogP contribution in [-0.4, -0.2) is 28.3 Å². The van der Waals surface area contributed by atoms with E-state index in [1.165, 1.54) is 0 Å². The van der Waals surface area contributed by atoms with Gasteiger partial charge in [-0.15, -0.1) is 0 Å². The molecule has 0 saturated heterocycles. The zero-order valence-corrected chi connectivity index (χ0v) is 5.53. The molecule has 0 amide bonds. The predicted molar refractivity (Wildman–Crippen MR) is 34.3 cm³/mol. The van der Waals surface area contributed by atoms with Gasteiger partial charge in [0.1, 0.15) is 0 Å². The topological polar surface area (TPSA) is 83.6 Å². The minimum atomic E-state index is -0.855. The fourth-order valence-electron chi connectivity index (χ4n) is 1.25. The molecule has 0 aromatic carbocycles. The highest BCUT2D eigenvalue weighted by Crippen LogP contribution is 2.24. The van der Waals surface area contributed by atoms with Crippen molar-refractivity contribution < 1.29 is 15.0 Å². The van der Waals surface area contributed by atoms with Gasteiger partial charge in [-0.05, 0) is 12.8 Å². The van der Waals surface area contributed by atoms with Crippen LogP contribution in [0.3, 0.4) is 0 Å². The number of nitrogens with two attached hydrogens (primary N) is 1. The zero-order chi connectivity index (χ0) is 7.72. The SMILES string of the molecule is N[C@@H]1C[C@H](C(=O)O)C[C@H]1O. The quantitative estimate of drug-likeness (QED) is 0.449. The summed E-state index contributed by atoms with van der Waals surface area (Å²) in [6.45, 7) is 0. The van der Waals surface area contributed by atoms with Crippen molar-refractivity contribution in [2.75, 3.05) is 0 Å². The van der Waals surface area contributed by atoms with Gasteiger partial charge >= 0.3 is 5.97 Å². The summed E-state index contributed by atoms with van der Waals surface area (Å²) in [4.78, 5) is 10.3. The van der Waals surface area contributed by atoms with Crippen LogP contribution in [0.25, 0.3) is 0 Å². The molecule has 0 spiro atoms. The van der Waals surface area contributed by atoms with E-state index in [1.807, 2.05) is 0 Å². The van der Waals surface area contributed by atoms with Gasteiger partial charge in [0.2, 0.25) is 0 Å². The molecule has 0 radical (unpaired) electrons. The van der Waals surface area contributed by atoms with Gasteiger partial charge in [-0.25, -0.2) is 0 Å². The highest BCUT2D eigenvalue weighted by molar-refractivity contribution is 5.70. The van der Waals surface area contributed by atoms with Gasteiger partial charge < -0.3 is 15.9 Å². The van der Waals surface area contributed by atoms with Crippen molar-refractivity contribution in [1.29, 1.82) is 0 Å². The first kappa shape index (κ1) is 7.50. The van der Waals surface area contributed by atoms with E-state index < -0.39 is 18.0 Å². The number of carboxylic acids is 1. The van der Waals surface area contributed by atoms with Crippen molar-refractivity contribution >= 4 is 5.97 Å². The van der Waals surface area contributed by atoms with E-state index in [4.69, 9.17) is 15.9 Å². The van der Waals surface area contributed by atoms with Crippen LogP contribution in [0.1, 0.15) is 12.8 Å². The molecule has 1 fully saturated rings. The minimum Gasteiger partial charge on any atom is -0.481 e. The Morgan fingerprint density at radius 1 is 1.50 bits per heavy atom. The van der Waals surface area contributed by atoms with Gasteiger partial charge in [0.25, 0.3) is 0 Å². The van der Waals surface area contributed by atoms with E-state index in [1.54, 1.807) is 0 Å². The molecule has 0 unspecified atom stereocenters. The maximum atomic E-state index is 10.3. The highest BCUT2D eigenvalue weighted by atomic mass is 16.4. The van der Waals surface area contributed by atoms with Gasteiger partial charge in [-0.1, -0.05) is 0 Å². The third kappa shape index (κ3) is 1.27. The second-order valence-electron chi connectivity index (χ2n) is 2.74. The summed E-state index contributed by atoms with van der Waals surface area (Å²) in [6, 6.07) is -0.346. The number of hydrogen-bond donors (Lipinski definition) is 3. The number of carboxylic acid groups (broad SMARTS) is 1. The Kier molecular flexibility index (Phi) is 1.92. The van der Waals surface area contributed by atoms with Crippen LogP contribution in [0.15, 0.2) is 0 Å². The Morgan fingerprint density at radius 2 is 2.10 bits per heavy atom. The van der Waals surface area contributed by atoms with Crippen LogP contribution in [0, 0.1) is 5.92 Å². The molecule has 1 rings (SSSR count). The maximum Gasteiger partial charge on any atom is 0.306 e. The van der Waals surface area contributed by atoms with Crippen LogP contribution in [-0.2, 0) is 4.79 Å². The summed E-state index contributed by atoms with van der Waals surface area (Å²) in [5.74, 6) is -1.29. The third-order valence-electron chi connectivity index (χ3n) is 1.93. The summed E-state index contributed by atoms with van der Waals surface area (Å²) in [5.41, 5.74) is 5.39. The number of aliphatic hydroxyl groups excluding tert-OH is 1. The summed E-state index contributed by atoms with van der Waals surface area (Å²) in [6.07, 6.45) is 0.0774. The van der Waals surface area contributed by atoms with Crippen LogP contribution >= 0.6 is 0 Å². The summed E-state index contributed by atoms with van der Waals surface area (Å²) < 4.78 is 0. The summed E-state index contributed by atoms with van der Waals surface area (Å²) >= 11 is 0. The number of hydrogen-bond acceptors (Lipinski definition) is 3. The van der Waals surface area contributed by atoms with Crippen molar-refractivity contribution in [3.05, 3.63) is 0 Å².